The highest BCUT2D eigenvalue weighted by molar-refractivity contribution is 5.75. The van der Waals surface area contributed by atoms with Crippen molar-refractivity contribution in [3.63, 3.8) is 0 Å². The molecule has 8 nitrogen and oxygen atoms in total. The van der Waals surface area contributed by atoms with Crippen LogP contribution in [0, 0.1) is 0 Å². The Labute approximate surface area is 157 Å². The van der Waals surface area contributed by atoms with Crippen molar-refractivity contribution in [1.29, 1.82) is 0 Å². The van der Waals surface area contributed by atoms with E-state index in [1.807, 2.05) is 43.3 Å². The first kappa shape index (κ1) is 17.4. The van der Waals surface area contributed by atoms with Crippen LogP contribution in [-0.4, -0.2) is 63.2 Å². The number of hydrogen-bond acceptors (Lipinski definition) is 5. The minimum absolute atomic E-state index is 0.222. The van der Waals surface area contributed by atoms with Gasteiger partial charge in [0.2, 0.25) is 0 Å². The van der Waals surface area contributed by atoms with E-state index >= 15 is 0 Å². The van der Waals surface area contributed by atoms with Crippen molar-refractivity contribution >= 4 is 17.3 Å². The Morgan fingerprint density at radius 1 is 1.07 bits per heavy atom. The van der Waals surface area contributed by atoms with Gasteiger partial charge in [-0.2, -0.15) is 10.2 Å². The number of anilines is 1. The molecule has 0 unspecified atom stereocenters. The lowest BCUT2D eigenvalue weighted by Crippen LogP contribution is -2.35. The van der Waals surface area contributed by atoms with E-state index in [9.17, 15) is 4.79 Å². The number of ether oxygens (including phenoxy) is 1. The number of pyridine rings is 1. The molecule has 0 radical (unpaired) electrons. The standard InChI is InChI=1S/C19H24N6O2/c1-3-27-19(26)24-8-4-7-23(9-10-24)18-12-21-25-14-15(5-6-17(18)25)16-11-20-22(2)13-16/h5-6,11-14H,3-4,7-10H2,1-2H3. The minimum atomic E-state index is -0.222. The highest BCUT2D eigenvalue weighted by Gasteiger charge is 2.21. The van der Waals surface area contributed by atoms with E-state index in [0.717, 1.165) is 48.4 Å². The maximum absolute atomic E-state index is 12.0. The molecule has 1 amide bonds. The van der Waals surface area contributed by atoms with Gasteiger partial charge in [-0.05, 0) is 19.4 Å². The molecule has 0 spiro atoms. The van der Waals surface area contributed by atoms with Crippen molar-refractivity contribution in [2.24, 2.45) is 7.05 Å². The largest absolute Gasteiger partial charge is 0.450 e. The molecule has 8 heteroatoms. The van der Waals surface area contributed by atoms with Crippen LogP contribution in [0.25, 0.3) is 16.6 Å². The molecule has 0 aliphatic carbocycles. The molecule has 0 aromatic carbocycles. The zero-order valence-electron chi connectivity index (χ0n) is 15.7. The Morgan fingerprint density at radius 2 is 1.96 bits per heavy atom. The Bertz CT molecular complexity index is 947. The molecule has 0 atom stereocenters. The number of fused-ring (bicyclic) bond motifs is 1. The number of nitrogens with zero attached hydrogens (tertiary/aromatic N) is 6. The van der Waals surface area contributed by atoms with E-state index in [-0.39, 0.29) is 6.09 Å². The molecular formula is C19H24N6O2. The summed E-state index contributed by atoms with van der Waals surface area (Å²) in [4.78, 5) is 16.1. The fraction of sp³-hybridized carbons (Fsp3) is 0.421. The number of aromatic nitrogens is 4. The fourth-order valence-electron chi connectivity index (χ4n) is 3.51. The van der Waals surface area contributed by atoms with E-state index < -0.39 is 0 Å². The summed E-state index contributed by atoms with van der Waals surface area (Å²) in [5.74, 6) is 0. The Hall–Kier alpha value is -3.03. The van der Waals surface area contributed by atoms with E-state index in [1.54, 1.807) is 9.58 Å². The Morgan fingerprint density at radius 3 is 2.74 bits per heavy atom. The number of hydrogen-bond donors (Lipinski definition) is 0. The van der Waals surface area contributed by atoms with Gasteiger partial charge in [0.15, 0.2) is 0 Å². The molecular weight excluding hydrogens is 344 g/mol. The molecule has 27 heavy (non-hydrogen) atoms. The molecule has 0 saturated carbocycles. The zero-order valence-corrected chi connectivity index (χ0v) is 15.7. The number of carbonyl (C=O) groups excluding carboxylic acids is 1. The van der Waals surface area contributed by atoms with Crippen molar-refractivity contribution in [2.45, 2.75) is 13.3 Å². The van der Waals surface area contributed by atoms with Crippen molar-refractivity contribution in [3.8, 4) is 11.1 Å². The first-order valence-corrected chi connectivity index (χ1v) is 9.29. The summed E-state index contributed by atoms with van der Waals surface area (Å²) in [5, 5.41) is 8.78. The summed E-state index contributed by atoms with van der Waals surface area (Å²) < 4.78 is 8.84. The first-order chi connectivity index (χ1) is 13.2. The smallest absolute Gasteiger partial charge is 0.409 e. The van der Waals surface area contributed by atoms with E-state index in [4.69, 9.17) is 4.74 Å². The summed E-state index contributed by atoms with van der Waals surface area (Å²) in [6.45, 7) is 5.28. The molecule has 0 bridgehead atoms. The summed E-state index contributed by atoms with van der Waals surface area (Å²) in [6, 6.07) is 4.19. The molecule has 3 aromatic rings. The van der Waals surface area contributed by atoms with Gasteiger partial charge in [0, 0.05) is 56.7 Å². The normalized spacial score (nSPS) is 15.2. The van der Waals surface area contributed by atoms with Crippen molar-refractivity contribution in [3.05, 3.63) is 36.9 Å². The molecule has 4 rings (SSSR count). The Kier molecular flexibility index (Phi) is 4.70. The number of carbonyl (C=O) groups is 1. The van der Waals surface area contributed by atoms with Gasteiger partial charge in [-0.25, -0.2) is 9.31 Å². The maximum Gasteiger partial charge on any atom is 0.409 e. The van der Waals surface area contributed by atoms with Crippen molar-refractivity contribution in [2.75, 3.05) is 37.7 Å². The van der Waals surface area contributed by atoms with Gasteiger partial charge < -0.3 is 14.5 Å². The van der Waals surface area contributed by atoms with Gasteiger partial charge in [-0.15, -0.1) is 0 Å². The lowest BCUT2D eigenvalue weighted by molar-refractivity contribution is 0.110. The van der Waals surface area contributed by atoms with Crippen LogP contribution in [0.1, 0.15) is 13.3 Å². The molecule has 1 aliphatic heterocycles. The summed E-state index contributed by atoms with van der Waals surface area (Å²) in [7, 11) is 1.91. The predicted molar refractivity (Wildman–Crippen MR) is 103 cm³/mol. The summed E-state index contributed by atoms with van der Waals surface area (Å²) in [5.41, 5.74) is 4.30. The van der Waals surface area contributed by atoms with Gasteiger partial charge in [0.25, 0.3) is 0 Å². The van der Waals surface area contributed by atoms with Crippen LogP contribution in [0.4, 0.5) is 10.5 Å². The lowest BCUT2D eigenvalue weighted by Gasteiger charge is -2.22. The van der Waals surface area contributed by atoms with Gasteiger partial charge in [0.05, 0.1) is 30.2 Å². The lowest BCUT2D eigenvalue weighted by atomic mass is 10.1. The van der Waals surface area contributed by atoms with Crippen LogP contribution < -0.4 is 4.90 Å². The second-order valence-corrected chi connectivity index (χ2v) is 6.71. The SMILES string of the molecule is CCOC(=O)N1CCCN(c2cnn3cc(-c4cnn(C)c4)ccc23)CC1. The highest BCUT2D eigenvalue weighted by atomic mass is 16.6. The van der Waals surface area contributed by atoms with E-state index in [0.29, 0.717) is 13.2 Å². The molecule has 142 valence electrons. The summed E-state index contributed by atoms with van der Waals surface area (Å²) >= 11 is 0. The average Bonchev–Trinajstić information content (AvgIpc) is 3.20. The zero-order chi connectivity index (χ0) is 18.8. The summed E-state index contributed by atoms with van der Waals surface area (Å²) in [6.07, 6.45) is 8.46. The van der Waals surface area contributed by atoms with Crippen LogP contribution in [0.2, 0.25) is 0 Å². The van der Waals surface area contributed by atoms with E-state index in [2.05, 4.69) is 27.2 Å². The highest BCUT2D eigenvalue weighted by Crippen LogP contribution is 2.26. The topological polar surface area (TPSA) is 67.9 Å². The third-order valence-electron chi connectivity index (χ3n) is 4.90. The Balaban J connectivity index is 1.54. The fourth-order valence-corrected chi connectivity index (χ4v) is 3.51. The van der Waals surface area contributed by atoms with Gasteiger partial charge in [-0.1, -0.05) is 6.07 Å². The van der Waals surface area contributed by atoms with Crippen molar-refractivity contribution < 1.29 is 9.53 Å². The monoisotopic (exact) mass is 368 g/mol. The molecule has 1 saturated heterocycles. The molecule has 3 aromatic heterocycles. The molecule has 4 heterocycles. The van der Waals surface area contributed by atoms with Gasteiger partial charge >= 0.3 is 6.09 Å². The second-order valence-electron chi connectivity index (χ2n) is 6.71. The molecule has 0 N–H and O–H groups in total. The van der Waals surface area contributed by atoms with Crippen LogP contribution in [0.3, 0.4) is 0 Å². The predicted octanol–water partition coefficient (Wildman–Crippen LogP) is 2.40. The first-order valence-electron chi connectivity index (χ1n) is 9.29. The van der Waals surface area contributed by atoms with Gasteiger partial charge in [-0.3, -0.25) is 4.68 Å². The van der Waals surface area contributed by atoms with Crippen LogP contribution >= 0.6 is 0 Å². The van der Waals surface area contributed by atoms with Gasteiger partial charge in [0.1, 0.15) is 0 Å². The van der Waals surface area contributed by atoms with E-state index in [1.165, 1.54) is 0 Å². The second kappa shape index (κ2) is 7.30. The number of amides is 1. The maximum atomic E-state index is 12.0. The minimum Gasteiger partial charge on any atom is -0.450 e. The van der Waals surface area contributed by atoms with Crippen LogP contribution in [-0.2, 0) is 11.8 Å². The number of rotatable bonds is 3. The van der Waals surface area contributed by atoms with Crippen LogP contribution in [0.15, 0.2) is 36.9 Å². The molecule has 1 fully saturated rings. The average molecular weight is 368 g/mol. The number of aryl methyl sites for hydroxylation is 1. The third kappa shape index (κ3) is 3.47. The third-order valence-corrected chi connectivity index (χ3v) is 4.90. The van der Waals surface area contributed by atoms with Crippen LogP contribution in [0.5, 0.6) is 0 Å². The quantitative estimate of drug-likeness (QED) is 0.710. The molecule has 1 aliphatic rings. The van der Waals surface area contributed by atoms with Crippen molar-refractivity contribution in [1.82, 2.24) is 24.3 Å².